The molecule has 0 saturated heterocycles. The van der Waals surface area contributed by atoms with Crippen LogP contribution in [0.4, 0.5) is 5.69 Å². The fourth-order valence-electron chi connectivity index (χ4n) is 2.39. The molecule has 3 rings (SSSR count). The highest BCUT2D eigenvalue weighted by atomic mass is 35.5. The summed E-state index contributed by atoms with van der Waals surface area (Å²) in [5, 5.41) is 12.6. The number of thiazole rings is 1. The smallest absolute Gasteiger partial charge is 0.337 e. The first kappa shape index (κ1) is 17.3. The summed E-state index contributed by atoms with van der Waals surface area (Å²) in [6.07, 6.45) is 1.67. The SMILES string of the molecule is COc1ccc(-c2ccc(C(=O)O)c(NCc3cnc(Cl)s3)c2)cc1. The highest BCUT2D eigenvalue weighted by Crippen LogP contribution is 2.28. The summed E-state index contributed by atoms with van der Waals surface area (Å²) in [5.41, 5.74) is 2.65. The second-order valence-corrected chi connectivity index (χ2v) is 6.92. The molecule has 1 aromatic heterocycles. The van der Waals surface area contributed by atoms with Gasteiger partial charge in [-0.1, -0.05) is 29.8 Å². The summed E-state index contributed by atoms with van der Waals surface area (Å²) in [7, 11) is 1.62. The van der Waals surface area contributed by atoms with Crippen LogP contribution in [0.15, 0.2) is 48.7 Å². The highest BCUT2D eigenvalue weighted by molar-refractivity contribution is 7.15. The minimum absolute atomic E-state index is 0.216. The van der Waals surface area contributed by atoms with Crippen LogP contribution in [0.2, 0.25) is 4.47 Å². The zero-order valence-electron chi connectivity index (χ0n) is 13.3. The van der Waals surface area contributed by atoms with Crippen molar-refractivity contribution >= 4 is 34.6 Å². The van der Waals surface area contributed by atoms with E-state index in [1.165, 1.54) is 11.3 Å². The summed E-state index contributed by atoms with van der Waals surface area (Å²) in [6, 6.07) is 12.8. The molecule has 2 aromatic carbocycles. The van der Waals surface area contributed by atoms with Crippen molar-refractivity contribution < 1.29 is 14.6 Å². The fourth-order valence-corrected chi connectivity index (χ4v) is 3.31. The van der Waals surface area contributed by atoms with Crippen molar-refractivity contribution in [3.8, 4) is 16.9 Å². The van der Waals surface area contributed by atoms with Crippen LogP contribution >= 0.6 is 22.9 Å². The third kappa shape index (κ3) is 4.10. The molecule has 0 saturated carbocycles. The third-order valence-electron chi connectivity index (χ3n) is 3.65. The van der Waals surface area contributed by atoms with E-state index in [0.717, 1.165) is 21.8 Å². The number of rotatable bonds is 6. The molecule has 0 unspecified atom stereocenters. The number of nitrogens with zero attached hydrogens (tertiary/aromatic N) is 1. The summed E-state index contributed by atoms with van der Waals surface area (Å²) in [5.74, 6) is -0.211. The Bertz CT molecular complexity index is 894. The summed E-state index contributed by atoms with van der Waals surface area (Å²) in [6.45, 7) is 0.455. The Morgan fingerprint density at radius 1 is 1.24 bits per heavy atom. The predicted molar refractivity (Wildman–Crippen MR) is 99.8 cm³/mol. The number of aromatic nitrogens is 1. The molecule has 7 heteroatoms. The second kappa shape index (κ2) is 7.55. The molecule has 128 valence electrons. The van der Waals surface area contributed by atoms with E-state index in [2.05, 4.69) is 10.3 Å². The Balaban J connectivity index is 1.89. The number of carbonyl (C=O) groups is 1. The molecule has 2 N–H and O–H groups in total. The van der Waals surface area contributed by atoms with E-state index in [1.807, 2.05) is 30.3 Å². The number of hydrogen-bond donors (Lipinski definition) is 2. The Kier molecular flexibility index (Phi) is 5.21. The van der Waals surface area contributed by atoms with E-state index in [-0.39, 0.29) is 5.56 Å². The van der Waals surface area contributed by atoms with Crippen LogP contribution in [0.25, 0.3) is 11.1 Å². The summed E-state index contributed by atoms with van der Waals surface area (Å²) < 4.78 is 5.62. The maximum atomic E-state index is 11.5. The Hall–Kier alpha value is -2.57. The maximum Gasteiger partial charge on any atom is 0.337 e. The number of carboxylic acid groups (broad SMARTS) is 1. The van der Waals surface area contributed by atoms with Gasteiger partial charge in [0.2, 0.25) is 0 Å². The van der Waals surface area contributed by atoms with Crippen molar-refractivity contribution in [2.24, 2.45) is 0 Å². The van der Waals surface area contributed by atoms with E-state index in [4.69, 9.17) is 16.3 Å². The van der Waals surface area contributed by atoms with Crippen LogP contribution in [0.5, 0.6) is 5.75 Å². The van der Waals surface area contributed by atoms with Gasteiger partial charge in [-0.2, -0.15) is 0 Å². The number of anilines is 1. The minimum Gasteiger partial charge on any atom is -0.497 e. The van der Waals surface area contributed by atoms with Gasteiger partial charge in [-0.3, -0.25) is 0 Å². The van der Waals surface area contributed by atoms with Crippen LogP contribution in [0, 0.1) is 0 Å². The predicted octanol–water partition coefficient (Wildman–Crippen LogP) is 4.78. The van der Waals surface area contributed by atoms with Gasteiger partial charge in [0.1, 0.15) is 5.75 Å². The van der Waals surface area contributed by atoms with Gasteiger partial charge in [-0.25, -0.2) is 9.78 Å². The molecule has 0 bridgehead atoms. The third-order valence-corrected chi connectivity index (χ3v) is 4.77. The van der Waals surface area contributed by atoms with Gasteiger partial charge in [0.15, 0.2) is 4.47 Å². The van der Waals surface area contributed by atoms with Crippen molar-refractivity contribution in [1.82, 2.24) is 4.98 Å². The van der Waals surface area contributed by atoms with Gasteiger partial charge < -0.3 is 15.2 Å². The lowest BCUT2D eigenvalue weighted by Crippen LogP contribution is -2.06. The highest BCUT2D eigenvalue weighted by Gasteiger charge is 2.12. The van der Waals surface area contributed by atoms with Gasteiger partial charge in [0, 0.05) is 16.8 Å². The normalized spacial score (nSPS) is 10.5. The first-order valence-electron chi connectivity index (χ1n) is 7.42. The Morgan fingerprint density at radius 3 is 2.56 bits per heavy atom. The van der Waals surface area contributed by atoms with Crippen LogP contribution in [-0.4, -0.2) is 23.2 Å². The second-order valence-electron chi connectivity index (χ2n) is 5.23. The molecule has 0 atom stereocenters. The maximum absolute atomic E-state index is 11.5. The molecular formula is C18H15ClN2O3S. The van der Waals surface area contributed by atoms with Gasteiger partial charge in [0.05, 0.1) is 19.2 Å². The largest absolute Gasteiger partial charge is 0.497 e. The topological polar surface area (TPSA) is 71.5 Å². The van der Waals surface area contributed by atoms with Gasteiger partial charge in [0.25, 0.3) is 0 Å². The number of aromatic carboxylic acids is 1. The minimum atomic E-state index is -0.980. The molecule has 3 aromatic rings. The average Bonchev–Trinajstić information content (AvgIpc) is 3.05. The summed E-state index contributed by atoms with van der Waals surface area (Å²) >= 11 is 7.19. The van der Waals surface area contributed by atoms with E-state index in [0.29, 0.717) is 16.7 Å². The quantitative estimate of drug-likeness (QED) is 0.649. The molecule has 1 heterocycles. The van der Waals surface area contributed by atoms with E-state index >= 15 is 0 Å². The van der Waals surface area contributed by atoms with Crippen LogP contribution in [-0.2, 0) is 6.54 Å². The molecule has 0 aliphatic rings. The number of carboxylic acids is 1. The van der Waals surface area contributed by atoms with Crippen molar-refractivity contribution in [3.63, 3.8) is 0 Å². The van der Waals surface area contributed by atoms with Crippen molar-refractivity contribution in [3.05, 3.63) is 63.6 Å². The summed E-state index contributed by atoms with van der Waals surface area (Å²) in [4.78, 5) is 16.4. The molecule has 5 nitrogen and oxygen atoms in total. The number of halogens is 1. The molecule has 0 aliphatic heterocycles. The van der Waals surface area contributed by atoms with E-state index in [9.17, 15) is 9.90 Å². The molecule has 0 amide bonds. The average molecular weight is 375 g/mol. The van der Waals surface area contributed by atoms with Crippen molar-refractivity contribution in [2.75, 3.05) is 12.4 Å². The number of hydrogen-bond acceptors (Lipinski definition) is 5. The zero-order chi connectivity index (χ0) is 17.8. The monoisotopic (exact) mass is 374 g/mol. The number of nitrogens with one attached hydrogen (secondary N) is 1. The van der Waals surface area contributed by atoms with Crippen molar-refractivity contribution in [1.29, 1.82) is 0 Å². The Morgan fingerprint density at radius 2 is 1.96 bits per heavy atom. The molecule has 0 fully saturated rings. The molecular weight excluding hydrogens is 360 g/mol. The fraction of sp³-hybridized carbons (Fsp3) is 0.111. The van der Waals surface area contributed by atoms with Crippen LogP contribution in [0.1, 0.15) is 15.2 Å². The standard InChI is InChI=1S/C18H15ClN2O3S/c1-24-13-5-2-11(3-6-13)12-4-7-15(17(22)23)16(8-12)20-9-14-10-21-18(19)25-14/h2-8,10,20H,9H2,1H3,(H,22,23). The molecule has 25 heavy (non-hydrogen) atoms. The lowest BCUT2D eigenvalue weighted by atomic mass is 10.0. The van der Waals surface area contributed by atoms with Gasteiger partial charge in [-0.05, 0) is 35.4 Å². The molecule has 0 radical (unpaired) electrons. The van der Waals surface area contributed by atoms with Gasteiger partial charge in [-0.15, -0.1) is 11.3 Å². The number of benzene rings is 2. The first-order valence-corrected chi connectivity index (χ1v) is 8.62. The van der Waals surface area contributed by atoms with Crippen molar-refractivity contribution in [2.45, 2.75) is 6.54 Å². The number of ether oxygens (including phenoxy) is 1. The molecule has 0 spiro atoms. The van der Waals surface area contributed by atoms with Crippen LogP contribution in [0.3, 0.4) is 0 Å². The van der Waals surface area contributed by atoms with Gasteiger partial charge >= 0.3 is 5.97 Å². The zero-order valence-corrected chi connectivity index (χ0v) is 14.9. The van der Waals surface area contributed by atoms with E-state index in [1.54, 1.807) is 25.4 Å². The van der Waals surface area contributed by atoms with E-state index < -0.39 is 5.97 Å². The first-order chi connectivity index (χ1) is 12.1. The lowest BCUT2D eigenvalue weighted by Gasteiger charge is -2.11. The van der Waals surface area contributed by atoms with Crippen LogP contribution < -0.4 is 10.1 Å². The molecule has 0 aliphatic carbocycles. The lowest BCUT2D eigenvalue weighted by molar-refractivity contribution is 0.0698. The Labute approximate surface area is 153 Å². The number of methoxy groups -OCH3 is 1.